The van der Waals surface area contributed by atoms with Gasteiger partial charge in [-0.2, -0.15) is 0 Å². The Balaban J connectivity index is 1.54. The van der Waals surface area contributed by atoms with Crippen LogP contribution in [-0.4, -0.2) is 104 Å². The Kier molecular flexibility index (Phi) is 18.3. The van der Waals surface area contributed by atoms with Crippen LogP contribution in [0.25, 0.3) is 11.3 Å². The maximum atomic E-state index is 13.1. The Hall–Kier alpha value is -2.95. The van der Waals surface area contributed by atoms with Gasteiger partial charge >= 0.3 is 0 Å². The topological polar surface area (TPSA) is 225 Å². The van der Waals surface area contributed by atoms with E-state index in [4.69, 9.17) is 13.9 Å². The van der Waals surface area contributed by atoms with Gasteiger partial charge in [0.2, 0.25) is 5.91 Å². The number of non-ortho nitro benzene ring substituents is 1. The summed E-state index contributed by atoms with van der Waals surface area (Å²) in [4.78, 5) is 23.6. The molecule has 8 atom stereocenters. The van der Waals surface area contributed by atoms with Crippen molar-refractivity contribution in [2.45, 2.75) is 146 Å². The first-order valence-electron chi connectivity index (χ1n) is 18.0. The minimum Gasteiger partial charge on any atom is -0.461 e. The first kappa shape index (κ1) is 41.5. The molecule has 1 amide bonds. The smallest absolute Gasteiger partial charge is 0.269 e. The second kappa shape index (κ2) is 22.1. The number of nitro benzene ring substituents is 1. The van der Waals surface area contributed by atoms with Gasteiger partial charge in [0.05, 0.1) is 36.7 Å². The van der Waals surface area contributed by atoms with E-state index in [1.54, 1.807) is 12.1 Å². The Labute approximate surface area is 293 Å². The standard InChI is InChI=1S/C36H56N2O12/c1-2-3-4-5-6-7-8-9-10-11-12-13-14-28(40)32(42)27(23-48-36-35(45)34(44)33(43)30(22-39)50-36)37-31(41)21-26-19-20-29(49-26)24-15-17-25(18-16-24)38(46)47/h15-20,27-28,30,32-36,39-40,42-45H,2-14,21-23H2,1H3,(H,37,41)/t27-,28+,30+,32-,33-,34-,35+,36-/m0/s1. The molecule has 0 bridgehead atoms. The number of aliphatic hydroxyl groups excluding tert-OH is 6. The summed E-state index contributed by atoms with van der Waals surface area (Å²) in [5.74, 6) is 0.0904. The van der Waals surface area contributed by atoms with E-state index >= 15 is 0 Å². The lowest BCUT2D eigenvalue weighted by Gasteiger charge is -2.40. The fraction of sp³-hybridized carbons (Fsp3) is 0.694. The summed E-state index contributed by atoms with van der Waals surface area (Å²) < 4.78 is 16.8. The molecule has 282 valence electrons. The van der Waals surface area contributed by atoms with E-state index in [1.165, 1.54) is 75.6 Å². The van der Waals surface area contributed by atoms with Gasteiger partial charge < -0.3 is 49.8 Å². The predicted molar refractivity (Wildman–Crippen MR) is 184 cm³/mol. The van der Waals surface area contributed by atoms with Gasteiger partial charge in [-0.3, -0.25) is 14.9 Å². The van der Waals surface area contributed by atoms with Gasteiger partial charge in [0.15, 0.2) is 6.29 Å². The van der Waals surface area contributed by atoms with E-state index in [0.29, 0.717) is 17.7 Å². The zero-order chi connectivity index (χ0) is 36.5. The van der Waals surface area contributed by atoms with Crippen LogP contribution in [0.5, 0.6) is 0 Å². The van der Waals surface area contributed by atoms with E-state index in [9.17, 15) is 45.5 Å². The quantitative estimate of drug-likeness (QED) is 0.0473. The molecule has 0 radical (unpaired) electrons. The molecule has 1 saturated heterocycles. The lowest BCUT2D eigenvalue weighted by atomic mass is 9.98. The summed E-state index contributed by atoms with van der Waals surface area (Å²) in [6, 6.07) is 7.77. The van der Waals surface area contributed by atoms with Gasteiger partial charge in [-0.1, -0.05) is 84.0 Å². The second-order valence-electron chi connectivity index (χ2n) is 13.2. The van der Waals surface area contributed by atoms with E-state index in [2.05, 4.69) is 12.2 Å². The number of unbranched alkanes of at least 4 members (excludes halogenated alkanes) is 11. The normalized spacial score (nSPS) is 22.6. The number of rotatable bonds is 24. The van der Waals surface area contributed by atoms with Crippen molar-refractivity contribution in [1.29, 1.82) is 0 Å². The van der Waals surface area contributed by atoms with E-state index < -0.39 is 73.0 Å². The summed E-state index contributed by atoms with van der Waals surface area (Å²) in [5, 5.41) is 75.7. The third-order valence-corrected chi connectivity index (χ3v) is 9.15. The number of benzene rings is 1. The average Bonchev–Trinajstić information content (AvgIpc) is 3.58. The molecule has 2 heterocycles. The van der Waals surface area contributed by atoms with Crippen LogP contribution >= 0.6 is 0 Å². The zero-order valence-electron chi connectivity index (χ0n) is 29.0. The van der Waals surface area contributed by atoms with Crippen molar-refractivity contribution >= 4 is 11.6 Å². The number of furan rings is 1. The molecule has 14 heteroatoms. The van der Waals surface area contributed by atoms with Crippen molar-refractivity contribution in [3.05, 3.63) is 52.3 Å². The Bertz CT molecular complexity index is 1260. The molecule has 1 aliphatic rings. The predicted octanol–water partition coefficient (Wildman–Crippen LogP) is 3.51. The summed E-state index contributed by atoms with van der Waals surface area (Å²) in [5.41, 5.74) is 0.501. The van der Waals surface area contributed by atoms with E-state index in [-0.39, 0.29) is 24.3 Å². The highest BCUT2D eigenvalue weighted by Crippen LogP contribution is 2.26. The molecule has 1 fully saturated rings. The second-order valence-corrected chi connectivity index (χ2v) is 13.2. The average molecular weight is 709 g/mol. The fourth-order valence-electron chi connectivity index (χ4n) is 6.05. The Morgan fingerprint density at radius 2 is 1.48 bits per heavy atom. The van der Waals surface area contributed by atoms with Crippen molar-refractivity contribution in [3.63, 3.8) is 0 Å². The molecule has 0 spiro atoms. The number of hydrogen-bond donors (Lipinski definition) is 7. The van der Waals surface area contributed by atoms with Crippen molar-refractivity contribution < 1.29 is 54.2 Å². The van der Waals surface area contributed by atoms with Crippen molar-refractivity contribution in [2.24, 2.45) is 0 Å². The first-order valence-corrected chi connectivity index (χ1v) is 18.0. The monoisotopic (exact) mass is 708 g/mol. The number of carbonyl (C=O) groups is 1. The number of amides is 1. The van der Waals surface area contributed by atoms with Crippen LogP contribution in [0.2, 0.25) is 0 Å². The minimum atomic E-state index is -1.69. The summed E-state index contributed by atoms with van der Waals surface area (Å²) in [7, 11) is 0. The summed E-state index contributed by atoms with van der Waals surface area (Å²) in [6.45, 7) is 1.11. The van der Waals surface area contributed by atoms with Crippen LogP contribution in [0.3, 0.4) is 0 Å². The van der Waals surface area contributed by atoms with Gasteiger partial charge in [-0.05, 0) is 30.7 Å². The molecule has 0 aliphatic carbocycles. The SMILES string of the molecule is CCCCCCCCCCCCCC[C@@H](O)[C@@H](O)[C@H](CO[C@H]1O[C@H](CO)[C@H](O)[C@H](O)[C@H]1O)NC(=O)Cc1ccc(-c2ccc([N+](=O)[O-])cc2)o1. The van der Waals surface area contributed by atoms with Crippen LogP contribution < -0.4 is 5.32 Å². The summed E-state index contributed by atoms with van der Waals surface area (Å²) in [6.07, 6.45) is 3.48. The lowest BCUT2D eigenvalue weighted by molar-refractivity contribution is -0.384. The number of hydrogen-bond acceptors (Lipinski definition) is 12. The molecule has 1 aromatic heterocycles. The van der Waals surface area contributed by atoms with E-state index in [1.807, 2.05) is 0 Å². The number of nitrogens with one attached hydrogen (secondary N) is 1. The van der Waals surface area contributed by atoms with Crippen LogP contribution in [-0.2, 0) is 20.7 Å². The van der Waals surface area contributed by atoms with Crippen LogP contribution in [0.1, 0.15) is 96.2 Å². The highest BCUT2D eigenvalue weighted by molar-refractivity contribution is 5.78. The number of nitrogens with zero attached hydrogens (tertiary/aromatic N) is 1. The van der Waals surface area contributed by atoms with E-state index in [0.717, 1.165) is 19.3 Å². The van der Waals surface area contributed by atoms with Crippen molar-refractivity contribution in [1.82, 2.24) is 5.32 Å². The highest BCUT2D eigenvalue weighted by atomic mass is 16.7. The van der Waals surface area contributed by atoms with Gasteiger partial charge in [0.25, 0.3) is 5.69 Å². The minimum absolute atomic E-state index is 0.0727. The molecule has 0 unspecified atom stereocenters. The van der Waals surface area contributed by atoms with Crippen LogP contribution in [0, 0.1) is 10.1 Å². The molecule has 1 aliphatic heterocycles. The number of carbonyl (C=O) groups excluding carboxylic acids is 1. The zero-order valence-corrected chi connectivity index (χ0v) is 29.0. The van der Waals surface area contributed by atoms with Crippen LogP contribution in [0.15, 0.2) is 40.8 Å². The molecule has 7 N–H and O–H groups in total. The third kappa shape index (κ3) is 13.3. The molecule has 2 aromatic rings. The maximum Gasteiger partial charge on any atom is 0.269 e. The number of nitro groups is 1. The third-order valence-electron chi connectivity index (χ3n) is 9.15. The largest absolute Gasteiger partial charge is 0.461 e. The number of ether oxygens (including phenoxy) is 2. The van der Waals surface area contributed by atoms with Gasteiger partial charge in [-0.25, -0.2) is 0 Å². The molecule has 50 heavy (non-hydrogen) atoms. The summed E-state index contributed by atoms with van der Waals surface area (Å²) >= 11 is 0. The van der Waals surface area contributed by atoms with Crippen LogP contribution in [0.4, 0.5) is 5.69 Å². The Morgan fingerprint density at radius 3 is 2.06 bits per heavy atom. The van der Waals surface area contributed by atoms with Gasteiger partial charge in [0, 0.05) is 17.7 Å². The Morgan fingerprint density at radius 1 is 0.880 bits per heavy atom. The molecule has 14 nitrogen and oxygen atoms in total. The lowest BCUT2D eigenvalue weighted by Crippen LogP contribution is -2.60. The fourth-order valence-corrected chi connectivity index (χ4v) is 6.05. The number of aliphatic hydroxyl groups is 6. The van der Waals surface area contributed by atoms with Crippen molar-refractivity contribution in [2.75, 3.05) is 13.2 Å². The van der Waals surface area contributed by atoms with Gasteiger partial charge in [-0.15, -0.1) is 0 Å². The molecular formula is C36H56N2O12. The van der Waals surface area contributed by atoms with Crippen molar-refractivity contribution in [3.8, 4) is 11.3 Å². The molecule has 1 aromatic carbocycles. The molecular weight excluding hydrogens is 652 g/mol. The van der Waals surface area contributed by atoms with Gasteiger partial charge in [0.1, 0.15) is 42.0 Å². The first-order chi connectivity index (χ1) is 24.0. The highest BCUT2D eigenvalue weighted by Gasteiger charge is 2.44. The maximum absolute atomic E-state index is 13.1. The molecule has 0 saturated carbocycles. The molecule has 3 rings (SSSR count).